The fourth-order valence-electron chi connectivity index (χ4n) is 3.62. The molecule has 21 heavy (non-hydrogen) atoms. The maximum absolute atomic E-state index is 5.92. The number of nitrogens with zero attached hydrogens (tertiary/aromatic N) is 4. The monoisotopic (exact) mass is 298 g/mol. The highest BCUT2D eigenvalue weighted by molar-refractivity contribution is 7.18. The Morgan fingerprint density at radius 1 is 1.10 bits per heavy atom. The summed E-state index contributed by atoms with van der Waals surface area (Å²) in [6.45, 7) is 2.04. The van der Waals surface area contributed by atoms with Crippen LogP contribution in [0.2, 0.25) is 0 Å². The van der Waals surface area contributed by atoms with Crippen LogP contribution in [-0.2, 0) is 4.74 Å². The fourth-order valence-corrected chi connectivity index (χ4v) is 4.46. The van der Waals surface area contributed by atoms with E-state index in [1.54, 1.807) is 17.5 Å². The average Bonchev–Trinajstić information content (AvgIpc) is 3.28. The van der Waals surface area contributed by atoms with Crippen molar-refractivity contribution in [1.29, 1.82) is 0 Å². The molecule has 0 aromatic carbocycles. The smallest absolute Gasteiger partial charge is 0.208 e. The van der Waals surface area contributed by atoms with E-state index < -0.39 is 0 Å². The zero-order valence-corrected chi connectivity index (χ0v) is 12.1. The van der Waals surface area contributed by atoms with Gasteiger partial charge in [0, 0.05) is 31.1 Å². The third kappa shape index (κ3) is 1.76. The Morgan fingerprint density at radius 2 is 1.90 bits per heavy atom. The van der Waals surface area contributed by atoms with E-state index in [2.05, 4.69) is 32.2 Å². The maximum Gasteiger partial charge on any atom is 0.208 e. The third-order valence-electron chi connectivity index (χ3n) is 4.63. The van der Waals surface area contributed by atoms with Crippen molar-refractivity contribution in [3.63, 3.8) is 0 Å². The van der Waals surface area contributed by atoms with E-state index in [-0.39, 0.29) is 0 Å². The minimum Gasteiger partial charge on any atom is -0.366 e. The lowest BCUT2D eigenvalue weighted by Gasteiger charge is -2.16. The predicted molar refractivity (Wildman–Crippen MR) is 80.1 cm³/mol. The van der Waals surface area contributed by atoms with Gasteiger partial charge >= 0.3 is 0 Å². The van der Waals surface area contributed by atoms with Crippen molar-refractivity contribution in [2.75, 3.05) is 18.0 Å². The van der Waals surface area contributed by atoms with E-state index >= 15 is 0 Å². The second-order valence-corrected chi connectivity index (χ2v) is 6.74. The minimum absolute atomic E-state index is 0.313. The summed E-state index contributed by atoms with van der Waals surface area (Å²) in [5, 5.41) is 10.6. The summed E-state index contributed by atoms with van der Waals surface area (Å²) in [5.41, 5.74) is 0.894. The molecular formula is C15H14N4OS. The number of hydrogen-bond donors (Lipinski definition) is 0. The van der Waals surface area contributed by atoms with Gasteiger partial charge in [-0.25, -0.2) is 0 Å². The van der Waals surface area contributed by atoms with Crippen molar-refractivity contribution < 1.29 is 4.74 Å². The van der Waals surface area contributed by atoms with E-state index in [1.807, 2.05) is 18.2 Å². The molecule has 0 radical (unpaired) electrons. The molecule has 2 bridgehead atoms. The Morgan fingerprint density at radius 3 is 2.62 bits per heavy atom. The van der Waals surface area contributed by atoms with E-state index in [4.69, 9.17) is 4.74 Å². The van der Waals surface area contributed by atoms with E-state index in [9.17, 15) is 0 Å². The molecule has 0 aliphatic carbocycles. The van der Waals surface area contributed by atoms with Gasteiger partial charge in [-0.2, -0.15) is 0 Å². The van der Waals surface area contributed by atoms with Crippen LogP contribution in [0.3, 0.4) is 0 Å². The number of ether oxygens (including phenoxy) is 1. The molecule has 3 aliphatic rings. The molecule has 0 N–H and O–H groups in total. The first-order chi connectivity index (χ1) is 10.4. The van der Waals surface area contributed by atoms with Crippen molar-refractivity contribution in [2.45, 2.75) is 12.2 Å². The van der Waals surface area contributed by atoms with Crippen LogP contribution >= 0.6 is 11.3 Å². The van der Waals surface area contributed by atoms with Crippen molar-refractivity contribution in [1.82, 2.24) is 15.2 Å². The summed E-state index contributed by atoms with van der Waals surface area (Å²) in [5.74, 6) is 1.23. The Hall–Kier alpha value is -1.79. The lowest BCUT2D eigenvalue weighted by molar-refractivity contribution is 0.100. The maximum atomic E-state index is 5.92. The highest BCUT2D eigenvalue weighted by Gasteiger charge is 2.51. The van der Waals surface area contributed by atoms with Crippen LogP contribution in [-0.4, -0.2) is 40.5 Å². The first-order valence-corrected chi connectivity index (χ1v) is 8.04. The molecular weight excluding hydrogens is 284 g/mol. The SMILES string of the molecule is C1=CC2OC1C1CN(c3nnc(-c4ccccn4)s3)CC21. The van der Waals surface area contributed by atoms with Gasteiger partial charge in [-0.3, -0.25) is 4.98 Å². The molecule has 4 atom stereocenters. The van der Waals surface area contributed by atoms with Gasteiger partial charge in [0.15, 0.2) is 5.01 Å². The molecule has 2 saturated heterocycles. The van der Waals surface area contributed by atoms with Crippen LogP contribution in [0.5, 0.6) is 0 Å². The summed E-state index contributed by atoms with van der Waals surface area (Å²) in [6, 6.07) is 5.86. The summed E-state index contributed by atoms with van der Waals surface area (Å²) in [7, 11) is 0. The van der Waals surface area contributed by atoms with Crippen LogP contribution in [0.25, 0.3) is 10.7 Å². The number of anilines is 1. The molecule has 0 saturated carbocycles. The van der Waals surface area contributed by atoms with Crippen molar-refractivity contribution >= 4 is 16.5 Å². The number of fused-ring (bicyclic) bond motifs is 5. The molecule has 3 aliphatic heterocycles. The zero-order valence-electron chi connectivity index (χ0n) is 11.3. The van der Waals surface area contributed by atoms with Gasteiger partial charge < -0.3 is 9.64 Å². The molecule has 0 spiro atoms. The molecule has 5 nitrogen and oxygen atoms in total. The van der Waals surface area contributed by atoms with Gasteiger partial charge in [0.25, 0.3) is 0 Å². The second kappa shape index (κ2) is 4.35. The summed E-state index contributed by atoms with van der Waals surface area (Å²) < 4.78 is 5.92. The number of hydrogen-bond acceptors (Lipinski definition) is 6. The van der Waals surface area contributed by atoms with Crippen LogP contribution in [0.1, 0.15) is 0 Å². The Kier molecular flexibility index (Phi) is 2.45. The van der Waals surface area contributed by atoms with Gasteiger partial charge in [0.2, 0.25) is 5.13 Å². The van der Waals surface area contributed by atoms with Crippen molar-refractivity contribution in [3.05, 3.63) is 36.5 Å². The van der Waals surface area contributed by atoms with Crippen molar-refractivity contribution in [3.8, 4) is 10.7 Å². The normalized spacial score (nSPS) is 32.9. The van der Waals surface area contributed by atoms with Crippen LogP contribution in [0.4, 0.5) is 5.13 Å². The van der Waals surface area contributed by atoms with Crippen molar-refractivity contribution in [2.24, 2.45) is 11.8 Å². The summed E-state index contributed by atoms with van der Waals surface area (Å²) in [6.07, 6.45) is 6.85. The molecule has 2 fully saturated rings. The number of rotatable bonds is 2. The molecule has 5 heterocycles. The van der Waals surface area contributed by atoms with Gasteiger partial charge in [0.1, 0.15) is 5.69 Å². The third-order valence-corrected chi connectivity index (χ3v) is 5.64. The van der Waals surface area contributed by atoms with Gasteiger partial charge in [-0.05, 0) is 12.1 Å². The highest BCUT2D eigenvalue weighted by Crippen LogP contribution is 2.45. The van der Waals surface area contributed by atoms with Crippen LogP contribution in [0, 0.1) is 11.8 Å². The number of pyridine rings is 1. The number of aromatic nitrogens is 3. The molecule has 4 unspecified atom stereocenters. The standard InChI is InChI=1S/C15H14N4OS/c1-2-6-16-11(3-1)14-17-18-15(21-14)19-7-9-10(8-19)13-5-4-12(9)20-13/h1-6,9-10,12-13H,7-8H2. The molecule has 2 aromatic rings. The largest absolute Gasteiger partial charge is 0.366 e. The minimum atomic E-state index is 0.313. The van der Waals surface area contributed by atoms with Gasteiger partial charge in [0.05, 0.1) is 12.2 Å². The summed E-state index contributed by atoms with van der Waals surface area (Å²) >= 11 is 1.62. The van der Waals surface area contributed by atoms with E-state index in [0.29, 0.717) is 24.0 Å². The van der Waals surface area contributed by atoms with E-state index in [0.717, 1.165) is 28.9 Å². The van der Waals surface area contributed by atoms with Crippen LogP contribution in [0.15, 0.2) is 36.5 Å². The molecule has 2 aromatic heterocycles. The first kappa shape index (κ1) is 11.8. The topological polar surface area (TPSA) is 51.1 Å². The highest BCUT2D eigenvalue weighted by atomic mass is 32.1. The Balaban J connectivity index is 1.40. The first-order valence-electron chi connectivity index (χ1n) is 7.22. The Labute approximate surface area is 126 Å². The van der Waals surface area contributed by atoms with E-state index in [1.165, 1.54) is 0 Å². The Bertz CT molecular complexity index is 681. The molecule has 0 amide bonds. The zero-order chi connectivity index (χ0) is 13.8. The molecule has 6 heteroatoms. The molecule has 5 rings (SSSR count). The predicted octanol–water partition coefficient (Wildman–Crippen LogP) is 1.99. The second-order valence-electron chi connectivity index (χ2n) is 5.79. The quantitative estimate of drug-likeness (QED) is 0.794. The lowest BCUT2D eigenvalue weighted by atomic mass is 9.86. The van der Waals surface area contributed by atoms with Gasteiger partial charge in [-0.15, -0.1) is 10.2 Å². The van der Waals surface area contributed by atoms with Crippen LogP contribution < -0.4 is 4.90 Å². The lowest BCUT2D eigenvalue weighted by Crippen LogP contribution is -2.24. The average molecular weight is 298 g/mol. The summed E-state index contributed by atoms with van der Waals surface area (Å²) in [4.78, 5) is 6.70. The van der Waals surface area contributed by atoms with Gasteiger partial charge in [-0.1, -0.05) is 29.6 Å². The fraction of sp³-hybridized carbons (Fsp3) is 0.400. The molecule has 106 valence electrons.